The minimum atomic E-state index is -0.239. The van der Waals surface area contributed by atoms with Crippen LogP contribution in [0.3, 0.4) is 0 Å². The van der Waals surface area contributed by atoms with E-state index in [1.54, 1.807) is 18.2 Å². The van der Waals surface area contributed by atoms with Crippen LogP contribution in [0.2, 0.25) is 5.02 Å². The second-order valence-corrected chi connectivity index (χ2v) is 4.98. The lowest BCUT2D eigenvalue weighted by atomic mass is 10.1. The topological polar surface area (TPSA) is 64.3 Å². The van der Waals surface area contributed by atoms with Gasteiger partial charge in [0.2, 0.25) is 5.91 Å². The number of nitrogens with one attached hydrogen (secondary N) is 1. The molecule has 1 aromatic rings. The summed E-state index contributed by atoms with van der Waals surface area (Å²) in [4.78, 5) is 11.7. The number of ether oxygens (including phenoxy) is 1. The largest absolute Gasteiger partial charge is 0.397 e. The van der Waals surface area contributed by atoms with Gasteiger partial charge in [0.15, 0.2) is 0 Å². The molecule has 1 aromatic carbocycles. The van der Waals surface area contributed by atoms with E-state index in [0.717, 1.165) is 0 Å². The Bertz CT molecular complexity index is 421. The molecule has 1 unspecified atom stereocenters. The molecular weight excluding hydrogens is 252 g/mol. The van der Waals surface area contributed by atoms with E-state index < -0.39 is 0 Å². The molecule has 18 heavy (non-hydrogen) atoms. The van der Waals surface area contributed by atoms with Crippen LogP contribution < -0.4 is 11.1 Å². The molecule has 0 radical (unpaired) electrons. The number of halogens is 1. The summed E-state index contributed by atoms with van der Waals surface area (Å²) in [5.41, 5.74) is 6.71. The van der Waals surface area contributed by atoms with Gasteiger partial charge in [-0.3, -0.25) is 4.79 Å². The Balaban J connectivity index is 2.52. The molecule has 0 saturated heterocycles. The van der Waals surface area contributed by atoms with Crippen LogP contribution in [0, 0.1) is 5.92 Å². The smallest absolute Gasteiger partial charge is 0.250 e. The number of anilines is 2. The normalized spacial score (nSPS) is 12.5. The lowest BCUT2D eigenvalue weighted by Gasteiger charge is -2.16. The van der Waals surface area contributed by atoms with Crippen molar-refractivity contribution in [1.82, 2.24) is 0 Å². The molecule has 1 rings (SSSR count). The predicted octanol–water partition coefficient (Wildman–Crippen LogP) is 2.92. The highest BCUT2D eigenvalue weighted by Gasteiger charge is 2.11. The summed E-state index contributed by atoms with van der Waals surface area (Å²) in [5, 5.41) is 3.20. The number of nitrogen functional groups attached to an aromatic ring is 1. The van der Waals surface area contributed by atoms with Gasteiger partial charge in [0, 0.05) is 5.02 Å². The number of hydrogen-bond donors (Lipinski definition) is 2. The highest BCUT2D eigenvalue weighted by Crippen LogP contribution is 2.22. The van der Waals surface area contributed by atoms with E-state index in [1.807, 2.05) is 20.8 Å². The van der Waals surface area contributed by atoms with Crippen LogP contribution in [0.1, 0.15) is 20.8 Å². The Kier molecular flexibility index (Phi) is 5.44. The van der Waals surface area contributed by atoms with E-state index in [0.29, 0.717) is 22.3 Å². The zero-order chi connectivity index (χ0) is 13.7. The van der Waals surface area contributed by atoms with Gasteiger partial charge in [-0.15, -0.1) is 0 Å². The van der Waals surface area contributed by atoms with Gasteiger partial charge >= 0.3 is 0 Å². The van der Waals surface area contributed by atoms with Crippen LogP contribution >= 0.6 is 11.6 Å². The molecule has 0 aliphatic heterocycles. The zero-order valence-electron chi connectivity index (χ0n) is 10.9. The first-order valence-corrected chi connectivity index (χ1v) is 6.24. The van der Waals surface area contributed by atoms with Crippen LogP contribution in [-0.2, 0) is 9.53 Å². The van der Waals surface area contributed by atoms with Crippen molar-refractivity contribution in [2.75, 3.05) is 17.7 Å². The van der Waals surface area contributed by atoms with Gasteiger partial charge in [0.05, 0.1) is 17.5 Å². The summed E-state index contributed by atoms with van der Waals surface area (Å²) >= 11 is 5.83. The molecule has 1 amide bonds. The van der Waals surface area contributed by atoms with Crippen molar-refractivity contribution >= 4 is 28.9 Å². The second kappa shape index (κ2) is 6.61. The van der Waals surface area contributed by atoms with Crippen molar-refractivity contribution < 1.29 is 9.53 Å². The van der Waals surface area contributed by atoms with Crippen molar-refractivity contribution in [2.24, 2.45) is 5.92 Å². The fourth-order valence-electron chi connectivity index (χ4n) is 1.22. The maximum atomic E-state index is 11.7. The summed E-state index contributed by atoms with van der Waals surface area (Å²) in [6.07, 6.45) is 0.0347. The Morgan fingerprint density at radius 1 is 1.44 bits per heavy atom. The first-order chi connectivity index (χ1) is 8.40. The number of rotatable bonds is 5. The zero-order valence-corrected chi connectivity index (χ0v) is 11.6. The van der Waals surface area contributed by atoms with E-state index >= 15 is 0 Å². The Morgan fingerprint density at radius 3 is 2.72 bits per heavy atom. The minimum absolute atomic E-state index is 0.00526. The van der Waals surface area contributed by atoms with Crippen molar-refractivity contribution in [2.45, 2.75) is 26.9 Å². The molecule has 4 nitrogen and oxygen atoms in total. The molecule has 0 spiro atoms. The van der Waals surface area contributed by atoms with Gasteiger partial charge in [0.1, 0.15) is 6.61 Å². The lowest BCUT2D eigenvalue weighted by Crippen LogP contribution is -2.24. The lowest BCUT2D eigenvalue weighted by molar-refractivity contribution is -0.123. The third-order valence-corrected chi connectivity index (χ3v) is 2.94. The SMILES string of the molecule is CC(C)C(C)OCC(=O)Nc1cc(Cl)ccc1N. The van der Waals surface area contributed by atoms with Crippen LogP contribution in [0.5, 0.6) is 0 Å². The predicted molar refractivity (Wildman–Crippen MR) is 74.7 cm³/mol. The molecule has 0 fully saturated rings. The van der Waals surface area contributed by atoms with Gasteiger partial charge in [-0.05, 0) is 31.0 Å². The van der Waals surface area contributed by atoms with Crippen LogP contribution in [0.25, 0.3) is 0 Å². The first kappa shape index (κ1) is 14.8. The third kappa shape index (κ3) is 4.55. The quantitative estimate of drug-likeness (QED) is 0.809. The van der Waals surface area contributed by atoms with Gasteiger partial charge in [0.25, 0.3) is 0 Å². The van der Waals surface area contributed by atoms with E-state index in [2.05, 4.69) is 5.32 Å². The van der Waals surface area contributed by atoms with Gasteiger partial charge in [-0.25, -0.2) is 0 Å². The Labute approximate surface area is 112 Å². The molecule has 1 atom stereocenters. The summed E-state index contributed by atoms with van der Waals surface area (Å²) in [6.45, 7) is 6.02. The first-order valence-electron chi connectivity index (χ1n) is 5.86. The maximum Gasteiger partial charge on any atom is 0.250 e. The Hall–Kier alpha value is -1.26. The number of carbonyl (C=O) groups excluding carboxylic acids is 1. The van der Waals surface area contributed by atoms with Gasteiger partial charge < -0.3 is 15.8 Å². The number of amides is 1. The molecule has 100 valence electrons. The van der Waals surface area contributed by atoms with Crippen molar-refractivity contribution in [3.8, 4) is 0 Å². The molecule has 0 aromatic heterocycles. The molecule has 0 aliphatic rings. The van der Waals surface area contributed by atoms with Crippen LogP contribution in [-0.4, -0.2) is 18.6 Å². The second-order valence-electron chi connectivity index (χ2n) is 4.54. The van der Waals surface area contributed by atoms with Crippen molar-refractivity contribution in [3.63, 3.8) is 0 Å². The molecule has 3 N–H and O–H groups in total. The van der Waals surface area contributed by atoms with Gasteiger partial charge in [-0.1, -0.05) is 25.4 Å². The molecule has 0 heterocycles. The summed E-state index contributed by atoms with van der Waals surface area (Å²) in [6, 6.07) is 4.93. The highest BCUT2D eigenvalue weighted by molar-refractivity contribution is 6.31. The molecule has 0 bridgehead atoms. The van der Waals surface area contributed by atoms with Crippen LogP contribution in [0.15, 0.2) is 18.2 Å². The summed E-state index contributed by atoms with van der Waals surface area (Å²) < 4.78 is 5.42. The fraction of sp³-hybridized carbons (Fsp3) is 0.462. The molecule has 0 aliphatic carbocycles. The standard InChI is InChI=1S/C13H19ClN2O2/c1-8(2)9(3)18-7-13(17)16-12-6-10(14)4-5-11(12)15/h4-6,8-9H,7,15H2,1-3H3,(H,16,17). The Morgan fingerprint density at radius 2 is 2.11 bits per heavy atom. The van der Waals surface area contributed by atoms with Crippen LogP contribution in [0.4, 0.5) is 11.4 Å². The summed E-state index contributed by atoms with van der Waals surface area (Å²) in [7, 11) is 0. The molecule has 5 heteroatoms. The average molecular weight is 271 g/mol. The molecular formula is C13H19ClN2O2. The minimum Gasteiger partial charge on any atom is -0.397 e. The van der Waals surface area contributed by atoms with E-state index in [4.69, 9.17) is 22.1 Å². The van der Waals surface area contributed by atoms with Crippen molar-refractivity contribution in [1.29, 1.82) is 0 Å². The fourth-order valence-corrected chi connectivity index (χ4v) is 1.39. The maximum absolute atomic E-state index is 11.7. The monoisotopic (exact) mass is 270 g/mol. The van der Waals surface area contributed by atoms with E-state index in [1.165, 1.54) is 0 Å². The third-order valence-electron chi connectivity index (χ3n) is 2.71. The van der Waals surface area contributed by atoms with E-state index in [-0.39, 0.29) is 18.6 Å². The number of hydrogen-bond acceptors (Lipinski definition) is 3. The highest BCUT2D eigenvalue weighted by atomic mass is 35.5. The average Bonchev–Trinajstić information content (AvgIpc) is 2.30. The van der Waals surface area contributed by atoms with Gasteiger partial charge in [-0.2, -0.15) is 0 Å². The number of benzene rings is 1. The molecule has 0 saturated carbocycles. The summed E-state index contributed by atoms with van der Waals surface area (Å²) in [5.74, 6) is 0.130. The van der Waals surface area contributed by atoms with E-state index in [9.17, 15) is 4.79 Å². The number of nitrogens with two attached hydrogens (primary N) is 1. The van der Waals surface area contributed by atoms with Crippen molar-refractivity contribution in [3.05, 3.63) is 23.2 Å². The number of carbonyl (C=O) groups is 1.